The van der Waals surface area contributed by atoms with Crippen molar-refractivity contribution in [2.75, 3.05) is 19.7 Å². The number of esters is 1. The van der Waals surface area contributed by atoms with Gasteiger partial charge in [0.2, 0.25) is 9.84 Å². The van der Waals surface area contributed by atoms with Gasteiger partial charge >= 0.3 is 5.97 Å². The van der Waals surface area contributed by atoms with E-state index < -0.39 is 21.9 Å². The zero-order chi connectivity index (χ0) is 29.2. The van der Waals surface area contributed by atoms with E-state index in [-0.39, 0.29) is 16.4 Å². The van der Waals surface area contributed by atoms with Crippen molar-refractivity contribution in [2.24, 2.45) is 0 Å². The molecular weight excluding hydrogens is 562 g/mol. The number of aliphatic hydroxyl groups excluding tert-OH is 1. The molecule has 0 amide bonds. The monoisotopic (exact) mass is 593 g/mol. The molecule has 0 saturated heterocycles. The fourth-order valence-corrected chi connectivity index (χ4v) is 5.64. The Morgan fingerprint density at radius 3 is 2.27 bits per heavy atom. The highest BCUT2D eigenvalue weighted by molar-refractivity contribution is 7.91. The van der Waals surface area contributed by atoms with E-state index in [2.05, 4.69) is 5.32 Å². The summed E-state index contributed by atoms with van der Waals surface area (Å²) in [7, 11) is -3.70. The highest BCUT2D eigenvalue weighted by atomic mass is 35.5. The van der Waals surface area contributed by atoms with Crippen molar-refractivity contribution in [3.05, 3.63) is 119 Å². The van der Waals surface area contributed by atoms with Gasteiger partial charge in [0.05, 0.1) is 28.1 Å². The predicted molar refractivity (Wildman–Crippen MR) is 158 cm³/mol. The summed E-state index contributed by atoms with van der Waals surface area (Å²) in [6.07, 6.45) is 0.962. The van der Waals surface area contributed by atoms with Crippen LogP contribution in [-0.2, 0) is 21.0 Å². The number of benzene rings is 4. The molecule has 1 atom stereocenters. The van der Waals surface area contributed by atoms with Crippen molar-refractivity contribution in [1.29, 1.82) is 0 Å². The summed E-state index contributed by atoms with van der Waals surface area (Å²) in [5.41, 5.74) is 2.16. The zero-order valence-electron chi connectivity index (χ0n) is 22.6. The Balaban J connectivity index is 1.28. The third-order valence-corrected chi connectivity index (χ3v) is 8.36. The molecule has 7 nitrogen and oxygen atoms in total. The lowest BCUT2D eigenvalue weighted by Crippen LogP contribution is -2.22. The molecule has 0 radical (unpaired) electrons. The van der Waals surface area contributed by atoms with E-state index in [1.54, 1.807) is 67.6 Å². The average Bonchev–Trinajstić information content (AvgIpc) is 2.98. The van der Waals surface area contributed by atoms with Gasteiger partial charge in [-0.15, -0.1) is 0 Å². The number of aliphatic hydroxyl groups is 1. The Labute approximate surface area is 245 Å². The van der Waals surface area contributed by atoms with Crippen LogP contribution in [0.15, 0.2) is 107 Å². The second kappa shape index (κ2) is 14.3. The van der Waals surface area contributed by atoms with Crippen molar-refractivity contribution in [3.8, 4) is 11.5 Å². The normalized spacial score (nSPS) is 12.1. The maximum absolute atomic E-state index is 13.2. The van der Waals surface area contributed by atoms with Crippen molar-refractivity contribution in [2.45, 2.75) is 35.7 Å². The second-order valence-electron chi connectivity index (χ2n) is 9.35. The molecule has 0 bridgehead atoms. The number of sulfone groups is 1. The smallest absolute Gasteiger partial charge is 0.338 e. The van der Waals surface area contributed by atoms with E-state index in [0.29, 0.717) is 35.2 Å². The molecule has 0 spiro atoms. The minimum Gasteiger partial charge on any atom is -0.462 e. The molecule has 0 aliphatic heterocycles. The SMILES string of the molecule is CCOC(=O)c1cccc(Oc2ccc(S(=O)(=O)c3ccc(CCCNC[C@H](O)c4cccc(Cl)c4)cc3)cc2)c1. The molecule has 214 valence electrons. The first-order valence-electron chi connectivity index (χ1n) is 13.3. The van der Waals surface area contributed by atoms with Gasteiger partial charge in [-0.3, -0.25) is 0 Å². The molecule has 0 aromatic heterocycles. The number of carbonyl (C=O) groups is 1. The summed E-state index contributed by atoms with van der Waals surface area (Å²) in [6.45, 7) is 3.14. The molecule has 41 heavy (non-hydrogen) atoms. The van der Waals surface area contributed by atoms with Crippen molar-refractivity contribution in [1.82, 2.24) is 5.32 Å². The summed E-state index contributed by atoms with van der Waals surface area (Å²) in [4.78, 5) is 12.3. The van der Waals surface area contributed by atoms with Crippen LogP contribution >= 0.6 is 11.6 Å². The Kier molecular flexibility index (Phi) is 10.5. The minimum atomic E-state index is -3.70. The van der Waals surface area contributed by atoms with Gasteiger partial charge in [0.15, 0.2) is 0 Å². The van der Waals surface area contributed by atoms with Gasteiger partial charge in [0, 0.05) is 11.6 Å². The van der Waals surface area contributed by atoms with Crippen molar-refractivity contribution >= 4 is 27.4 Å². The van der Waals surface area contributed by atoms with Crippen LogP contribution in [0.2, 0.25) is 5.02 Å². The van der Waals surface area contributed by atoms with Crippen LogP contribution in [0.4, 0.5) is 0 Å². The fourth-order valence-electron chi connectivity index (χ4n) is 4.18. The van der Waals surface area contributed by atoms with Crippen LogP contribution in [0.25, 0.3) is 0 Å². The van der Waals surface area contributed by atoms with Crippen molar-refractivity contribution < 1.29 is 27.8 Å². The lowest BCUT2D eigenvalue weighted by Gasteiger charge is -2.12. The first kappa shape index (κ1) is 30.3. The summed E-state index contributed by atoms with van der Waals surface area (Å²) in [5, 5.41) is 14.1. The molecular formula is C32H32ClNO6S. The molecule has 4 aromatic rings. The lowest BCUT2D eigenvalue weighted by atomic mass is 10.1. The van der Waals surface area contributed by atoms with Crippen LogP contribution in [0, 0.1) is 0 Å². The molecule has 0 unspecified atom stereocenters. The highest BCUT2D eigenvalue weighted by Crippen LogP contribution is 2.27. The largest absolute Gasteiger partial charge is 0.462 e. The first-order chi connectivity index (χ1) is 19.8. The Morgan fingerprint density at radius 1 is 0.902 bits per heavy atom. The van der Waals surface area contributed by atoms with Crippen LogP contribution in [0.1, 0.15) is 40.9 Å². The van der Waals surface area contributed by atoms with E-state index in [1.165, 1.54) is 12.1 Å². The standard InChI is InChI=1S/C32H32ClNO6S/c1-2-39-32(36)25-8-4-10-28(21-25)40-27-13-17-30(18-14-27)41(37,38)29-15-11-23(12-16-29)6-5-19-34-22-31(35)24-7-3-9-26(33)20-24/h3-4,7-18,20-21,31,34-35H,2,5-6,19,22H2,1H3/t31-/m0/s1. The fraction of sp³-hybridized carbons (Fsp3) is 0.219. The van der Waals surface area contributed by atoms with E-state index in [9.17, 15) is 18.3 Å². The first-order valence-corrected chi connectivity index (χ1v) is 15.2. The van der Waals surface area contributed by atoms with Gasteiger partial charge in [0.25, 0.3) is 0 Å². The Morgan fingerprint density at radius 2 is 1.59 bits per heavy atom. The summed E-state index contributed by atoms with van der Waals surface area (Å²) in [5.74, 6) is 0.440. The second-order valence-corrected chi connectivity index (χ2v) is 11.7. The number of hydrogen-bond acceptors (Lipinski definition) is 7. The van der Waals surface area contributed by atoms with Crippen molar-refractivity contribution in [3.63, 3.8) is 0 Å². The molecule has 0 fully saturated rings. The average molecular weight is 594 g/mol. The van der Waals surface area contributed by atoms with Crippen LogP contribution in [0.5, 0.6) is 11.5 Å². The molecule has 0 aliphatic rings. The van der Waals surface area contributed by atoms with E-state index in [1.807, 2.05) is 24.3 Å². The number of rotatable bonds is 13. The number of nitrogens with one attached hydrogen (secondary N) is 1. The number of hydrogen-bond donors (Lipinski definition) is 2. The van der Waals surface area contributed by atoms with E-state index in [4.69, 9.17) is 21.1 Å². The number of carbonyl (C=O) groups excluding carboxylic acids is 1. The topological polar surface area (TPSA) is 102 Å². The van der Waals surface area contributed by atoms with E-state index >= 15 is 0 Å². The van der Waals surface area contributed by atoms with Crippen LogP contribution in [0.3, 0.4) is 0 Å². The lowest BCUT2D eigenvalue weighted by molar-refractivity contribution is 0.0526. The van der Waals surface area contributed by atoms with Crippen LogP contribution < -0.4 is 10.1 Å². The zero-order valence-corrected chi connectivity index (χ0v) is 24.2. The third-order valence-electron chi connectivity index (χ3n) is 6.34. The van der Waals surface area contributed by atoms with Gasteiger partial charge in [-0.05, 0) is 104 Å². The molecule has 0 heterocycles. The number of halogens is 1. The maximum Gasteiger partial charge on any atom is 0.338 e. The van der Waals surface area contributed by atoms with Crippen LogP contribution in [-0.4, -0.2) is 39.2 Å². The highest BCUT2D eigenvalue weighted by Gasteiger charge is 2.18. The Bertz CT molecular complexity index is 1560. The van der Waals surface area contributed by atoms with Gasteiger partial charge in [-0.2, -0.15) is 0 Å². The number of ether oxygens (including phenoxy) is 2. The Hall–Kier alpha value is -3.69. The number of aryl methyl sites for hydroxylation is 1. The molecule has 2 N–H and O–H groups in total. The van der Waals surface area contributed by atoms with Gasteiger partial charge < -0.3 is 19.9 Å². The predicted octanol–water partition coefficient (Wildman–Crippen LogP) is 6.40. The quantitative estimate of drug-likeness (QED) is 0.137. The van der Waals surface area contributed by atoms with Gasteiger partial charge in [0.1, 0.15) is 11.5 Å². The summed E-state index contributed by atoms with van der Waals surface area (Å²) >= 11 is 5.98. The third kappa shape index (κ3) is 8.41. The maximum atomic E-state index is 13.2. The van der Waals surface area contributed by atoms with Gasteiger partial charge in [-0.1, -0.05) is 41.9 Å². The molecule has 4 rings (SSSR count). The summed E-state index contributed by atoms with van der Waals surface area (Å²) < 4.78 is 37.1. The summed E-state index contributed by atoms with van der Waals surface area (Å²) in [6, 6.07) is 26.8. The van der Waals surface area contributed by atoms with E-state index in [0.717, 1.165) is 24.0 Å². The molecule has 0 aliphatic carbocycles. The molecule has 0 saturated carbocycles. The molecule has 4 aromatic carbocycles. The van der Waals surface area contributed by atoms with Gasteiger partial charge in [-0.25, -0.2) is 13.2 Å². The molecule has 9 heteroatoms. The minimum absolute atomic E-state index is 0.153.